The fraction of sp³-hybridized carbons (Fsp3) is 0.136. The van der Waals surface area contributed by atoms with Gasteiger partial charge in [-0.3, -0.25) is 9.59 Å². The van der Waals surface area contributed by atoms with Gasteiger partial charge >= 0.3 is 0 Å². The normalized spacial score (nSPS) is 12.5. The molecule has 0 aliphatic heterocycles. The second-order valence-electron chi connectivity index (χ2n) is 7.00. The quantitative estimate of drug-likeness (QED) is 0.331. The van der Waals surface area contributed by atoms with E-state index in [1.54, 1.807) is 31.4 Å². The van der Waals surface area contributed by atoms with Crippen LogP contribution in [0, 0.1) is 0 Å². The minimum absolute atomic E-state index is 0.0305. The molecular weight excluding hydrogens is 446 g/mol. The van der Waals surface area contributed by atoms with Crippen molar-refractivity contribution in [3.8, 4) is 11.3 Å². The van der Waals surface area contributed by atoms with E-state index in [4.69, 9.17) is 0 Å². The zero-order chi connectivity index (χ0) is 22.0. The minimum Gasteiger partial charge on any atom is -0.392 e. The van der Waals surface area contributed by atoms with E-state index in [-0.39, 0.29) is 28.4 Å². The van der Waals surface area contributed by atoms with Crippen molar-refractivity contribution >= 4 is 71.1 Å². The Bertz CT molecular complexity index is 1330. The Balaban J connectivity index is 1.70. The summed E-state index contributed by atoms with van der Waals surface area (Å²) in [6, 6.07) is 12.7. The number of hydrogen-bond donors (Lipinski definition) is 3. The SMILES string of the molecule is CN/C=C(\NPC(C)=O)c1ccc2c(c1)sc1cc(-c3cnc(PC(C)=O)[nH]3)ccc12. The van der Waals surface area contributed by atoms with Gasteiger partial charge in [-0.05, 0) is 19.1 Å². The Morgan fingerprint density at radius 1 is 1.06 bits per heavy atom. The molecule has 2 aromatic heterocycles. The second kappa shape index (κ2) is 9.27. The first-order chi connectivity index (χ1) is 14.9. The van der Waals surface area contributed by atoms with Crippen molar-refractivity contribution < 1.29 is 9.59 Å². The van der Waals surface area contributed by atoms with Crippen LogP contribution in [0.1, 0.15) is 19.4 Å². The molecule has 31 heavy (non-hydrogen) atoms. The molecule has 0 radical (unpaired) electrons. The molecule has 6 nitrogen and oxygen atoms in total. The molecule has 0 aliphatic rings. The molecule has 0 amide bonds. The number of thiophene rings is 1. The van der Waals surface area contributed by atoms with Crippen LogP contribution in [0.5, 0.6) is 0 Å². The summed E-state index contributed by atoms with van der Waals surface area (Å²) in [5.74, 6) is 0. The number of benzene rings is 2. The van der Waals surface area contributed by atoms with Gasteiger partial charge in [0.25, 0.3) is 0 Å². The van der Waals surface area contributed by atoms with Crippen LogP contribution in [0.15, 0.2) is 48.8 Å². The average Bonchev–Trinajstić information content (AvgIpc) is 3.33. The molecule has 0 saturated carbocycles. The lowest BCUT2D eigenvalue weighted by molar-refractivity contribution is -0.110. The van der Waals surface area contributed by atoms with E-state index < -0.39 is 0 Å². The highest BCUT2D eigenvalue weighted by atomic mass is 32.1. The Kier molecular flexibility index (Phi) is 6.47. The maximum Gasteiger partial charge on any atom is 0.168 e. The Morgan fingerprint density at radius 2 is 1.81 bits per heavy atom. The topological polar surface area (TPSA) is 86.9 Å². The first kappa shape index (κ1) is 21.6. The molecule has 4 rings (SSSR count). The fourth-order valence-corrected chi connectivity index (χ4v) is 5.67. The van der Waals surface area contributed by atoms with Gasteiger partial charge in [0.1, 0.15) is 5.57 Å². The highest BCUT2D eigenvalue weighted by molar-refractivity contribution is 7.64. The molecule has 0 bridgehead atoms. The molecule has 0 fully saturated rings. The van der Waals surface area contributed by atoms with Gasteiger partial charge in [0, 0.05) is 68.8 Å². The van der Waals surface area contributed by atoms with Crippen LogP contribution in [-0.4, -0.2) is 28.1 Å². The first-order valence-corrected chi connectivity index (χ1v) is 12.5. The highest BCUT2D eigenvalue weighted by Gasteiger charge is 2.11. The molecule has 9 heteroatoms. The predicted molar refractivity (Wildman–Crippen MR) is 135 cm³/mol. The zero-order valence-corrected chi connectivity index (χ0v) is 20.1. The van der Waals surface area contributed by atoms with Crippen LogP contribution in [0.2, 0.25) is 0 Å². The summed E-state index contributed by atoms with van der Waals surface area (Å²) in [5, 5.41) is 8.69. The molecule has 158 valence electrons. The maximum atomic E-state index is 11.4. The van der Waals surface area contributed by atoms with Gasteiger partial charge < -0.3 is 15.4 Å². The Morgan fingerprint density at radius 3 is 2.52 bits per heavy atom. The summed E-state index contributed by atoms with van der Waals surface area (Å²) in [4.78, 5) is 30.3. The van der Waals surface area contributed by atoms with Gasteiger partial charge in [-0.1, -0.05) is 24.3 Å². The molecule has 0 aliphatic carbocycles. The monoisotopic (exact) mass is 468 g/mol. The molecule has 2 heterocycles. The molecular formula is C22H22N4O2P2S. The summed E-state index contributed by atoms with van der Waals surface area (Å²) < 4.78 is 2.37. The molecule has 2 aromatic carbocycles. The number of imidazole rings is 1. The minimum atomic E-state index is 0.0305. The lowest BCUT2D eigenvalue weighted by atomic mass is 10.1. The van der Waals surface area contributed by atoms with E-state index in [1.807, 2.05) is 13.2 Å². The fourth-order valence-electron chi connectivity index (χ4n) is 3.30. The summed E-state index contributed by atoms with van der Waals surface area (Å²) in [7, 11) is 1.93. The molecule has 2 unspecified atom stereocenters. The number of fused-ring (bicyclic) bond motifs is 3. The van der Waals surface area contributed by atoms with E-state index in [0.717, 1.165) is 22.5 Å². The van der Waals surface area contributed by atoms with E-state index in [2.05, 4.69) is 56.8 Å². The summed E-state index contributed by atoms with van der Waals surface area (Å²) in [5.41, 5.74) is 4.83. The highest BCUT2D eigenvalue weighted by Crippen LogP contribution is 2.37. The van der Waals surface area contributed by atoms with E-state index in [0.29, 0.717) is 5.57 Å². The Hall–Kier alpha value is -2.59. The standard InChI is InChI=1S/C22H22N4O2P2S/c1-12(27)29-22-24-11-18(25-22)14-4-6-16-17-7-5-15(9-21(17)31-20(16)8-14)19(10-23-3)26-30-13(2)28/h4-11,23,26,29-30H,1-3H3,(H,24,25)/b19-10-. The summed E-state index contributed by atoms with van der Waals surface area (Å²) in [6.07, 6.45) is 3.66. The van der Waals surface area contributed by atoms with Gasteiger partial charge in [-0.25, -0.2) is 4.98 Å². The van der Waals surface area contributed by atoms with Crippen LogP contribution >= 0.6 is 28.6 Å². The van der Waals surface area contributed by atoms with Crippen molar-refractivity contribution in [2.45, 2.75) is 13.8 Å². The van der Waals surface area contributed by atoms with Crippen LogP contribution in [0.4, 0.5) is 0 Å². The van der Waals surface area contributed by atoms with Gasteiger partial charge in [-0.15, -0.1) is 11.3 Å². The lowest BCUT2D eigenvalue weighted by Crippen LogP contribution is -2.07. The van der Waals surface area contributed by atoms with Gasteiger partial charge in [0.15, 0.2) is 11.0 Å². The number of carbonyl (C=O) groups excluding carboxylic acids is 2. The number of hydrogen-bond acceptors (Lipinski definition) is 6. The average molecular weight is 468 g/mol. The molecule has 2 atom stereocenters. The number of carbonyl (C=O) groups is 2. The predicted octanol–water partition coefficient (Wildman–Crippen LogP) is 4.54. The van der Waals surface area contributed by atoms with Crippen molar-refractivity contribution in [1.29, 1.82) is 0 Å². The van der Waals surface area contributed by atoms with Crippen LogP contribution in [-0.2, 0) is 9.59 Å². The van der Waals surface area contributed by atoms with Crippen molar-refractivity contribution in [2.24, 2.45) is 0 Å². The van der Waals surface area contributed by atoms with E-state index in [9.17, 15) is 9.59 Å². The maximum absolute atomic E-state index is 11.4. The lowest BCUT2D eigenvalue weighted by Gasteiger charge is -2.10. The number of H-pyrrole nitrogens is 1. The third kappa shape index (κ3) is 4.85. The smallest absolute Gasteiger partial charge is 0.168 e. The van der Waals surface area contributed by atoms with Crippen molar-refractivity contribution in [1.82, 2.24) is 20.4 Å². The number of rotatable bonds is 8. The molecule has 4 aromatic rings. The van der Waals surface area contributed by atoms with Crippen molar-refractivity contribution in [3.05, 3.63) is 54.4 Å². The number of nitrogens with one attached hydrogen (secondary N) is 3. The zero-order valence-electron chi connectivity index (χ0n) is 17.3. The van der Waals surface area contributed by atoms with E-state index in [1.165, 1.54) is 20.2 Å². The summed E-state index contributed by atoms with van der Waals surface area (Å²) in [6.45, 7) is 3.16. The van der Waals surface area contributed by atoms with Crippen LogP contribution in [0.3, 0.4) is 0 Å². The molecule has 3 N–H and O–H groups in total. The number of nitrogens with zero attached hydrogens (tertiary/aromatic N) is 1. The third-order valence-electron chi connectivity index (χ3n) is 4.63. The second-order valence-corrected chi connectivity index (χ2v) is 10.7. The largest absolute Gasteiger partial charge is 0.392 e. The summed E-state index contributed by atoms with van der Waals surface area (Å²) >= 11 is 1.74. The van der Waals surface area contributed by atoms with Gasteiger partial charge in [-0.2, -0.15) is 0 Å². The molecule has 0 saturated heterocycles. The van der Waals surface area contributed by atoms with Crippen molar-refractivity contribution in [3.63, 3.8) is 0 Å². The van der Waals surface area contributed by atoms with Crippen molar-refractivity contribution in [2.75, 3.05) is 7.05 Å². The van der Waals surface area contributed by atoms with Crippen LogP contribution in [0.25, 0.3) is 37.1 Å². The number of aromatic nitrogens is 2. The number of aromatic amines is 1. The van der Waals surface area contributed by atoms with Crippen LogP contribution < -0.4 is 16.0 Å². The Labute approximate surface area is 187 Å². The van der Waals surface area contributed by atoms with E-state index >= 15 is 0 Å². The molecule has 0 spiro atoms. The van der Waals surface area contributed by atoms with Gasteiger partial charge in [0.2, 0.25) is 0 Å². The third-order valence-corrected chi connectivity index (χ3v) is 7.33. The first-order valence-electron chi connectivity index (χ1n) is 9.64. The van der Waals surface area contributed by atoms with Gasteiger partial charge in [0.05, 0.1) is 17.6 Å².